The van der Waals surface area contributed by atoms with Crippen molar-refractivity contribution < 1.29 is 13.2 Å². The van der Waals surface area contributed by atoms with Crippen LogP contribution in [0.15, 0.2) is 18.2 Å². The smallest absolute Gasteiger partial charge is 0.266 e. The SMILES string of the molecule is Cl.Nc1ccc(F)c(C(F)F)c1. The normalized spacial score (nSPS) is 9.67. The molecule has 0 saturated heterocycles. The predicted molar refractivity (Wildman–Crippen MR) is 43.0 cm³/mol. The molecule has 0 unspecified atom stereocenters. The first-order valence-electron chi connectivity index (χ1n) is 2.94. The van der Waals surface area contributed by atoms with E-state index in [4.69, 9.17) is 5.73 Å². The average molecular weight is 198 g/mol. The first-order valence-corrected chi connectivity index (χ1v) is 2.94. The van der Waals surface area contributed by atoms with Crippen molar-refractivity contribution in [2.24, 2.45) is 0 Å². The molecule has 0 aliphatic rings. The number of halogens is 4. The summed E-state index contributed by atoms with van der Waals surface area (Å²) < 4.78 is 36.3. The van der Waals surface area contributed by atoms with Crippen LogP contribution in [0.25, 0.3) is 0 Å². The standard InChI is InChI=1S/C7H6F3N.ClH/c8-6-2-1-4(11)3-5(6)7(9)10;/h1-3,7H,11H2;1H. The Morgan fingerprint density at radius 1 is 1.25 bits per heavy atom. The summed E-state index contributed by atoms with van der Waals surface area (Å²) in [5, 5.41) is 0. The Balaban J connectivity index is 0.00000121. The van der Waals surface area contributed by atoms with Crippen LogP contribution < -0.4 is 5.73 Å². The minimum Gasteiger partial charge on any atom is -0.399 e. The lowest BCUT2D eigenvalue weighted by molar-refractivity contribution is 0.146. The Labute approximate surface area is 73.8 Å². The fourth-order valence-electron chi connectivity index (χ4n) is 0.729. The molecule has 5 heteroatoms. The molecule has 1 nitrogen and oxygen atoms in total. The maximum atomic E-state index is 12.5. The molecular formula is C7H7ClF3N. The van der Waals surface area contributed by atoms with Gasteiger partial charge in [-0.15, -0.1) is 12.4 Å². The Hall–Kier alpha value is -0.900. The van der Waals surface area contributed by atoms with E-state index in [1.165, 1.54) is 6.07 Å². The van der Waals surface area contributed by atoms with E-state index in [9.17, 15) is 13.2 Å². The van der Waals surface area contributed by atoms with E-state index in [2.05, 4.69) is 0 Å². The second-order valence-electron chi connectivity index (χ2n) is 2.08. The molecule has 0 saturated carbocycles. The van der Waals surface area contributed by atoms with Crippen LogP contribution in [-0.4, -0.2) is 0 Å². The van der Waals surface area contributed by atoms with Crippen LogP contribution in [0.2, 0.25) is 0 Å². The maximum Gasteiger partial charge on any atom is 0.266 e. The van der Waals surface area contributed by atoms with Crippen molar-refractivity contribution in [2.45, 2.75) is 6.43 Å². The lowest BCUT2D eigenvalue weighted by Gasteiger charge is -2.01. The van der Waals surface area contributed by atoms with E-state index < -0.39 is 17.8 Å². The molecule has 0 bridgehead atoms. The third kappa shape index (κ3) is 2.30. The van der Waals surface area contributed by atoms with Crippen LogP contribution in [0.4, 0.5) is 18.9 Å². The van der Waals surface area contributed by atoms with Gasteiger partial charge in [-0.05, 0) is 18.2 Å². The van der Waals surface area contributed by atoms with Gasteiger partial charge in [0.25, 0.3) is 6.43 Å². The van der Waals surface area contributed by atoms with Crippen molar-refractivity contribution >= 4 is 18.1 Å². The zero-order valence-corrected chi connectivity index (χ0v) is 6.75. The summed E-state index contributed by atoms with van der Waals surface area (Å²) in [5.74, 6) is -0.922. The summed E-state index contributed by atoms with van der Waals surface area (Å²) in [7, 11) is 0. The van der Waals surface area contributed by atoms with Crippen molar-refractivity contribution in [3.8, 4) is 0 Å². The summed E-state index contributed by atoms with van der Waals surface area (Å²) in [6.45, 7) is 0. The molecule has 0 heterocycles. The summed E-state index contributed by atoms with van der Waals surface area (Å²) in [6, 6.07) is 3.10. The monoisotopic (exact) mass is 197 g/mol. The van der Waals surface area contributed by atoms with Gasteiger partial charge in [-0.1, -0.05) is 0 Å². The molecule has 0 amide bonds. The molecule has 2 N–H and O–H groups in total. The summed E-state index contributed by atoms with van der Waals surface area (Å²) in [6.07, 6.45) is -2.81. The number of hydrogen-bond acceptors (Lipinski definition) is 1. The molecule has 12 heavy (non-hydrogen) atoms. The highest BCUT2D eigenvalue weighted by Crippen LogP contribution is 2.23. The topological polar surface area (TPSA) is 26.0 Å². The van der Waals surface area contributed by atoms with Gasteiger partial charge in [0.15, 0.2) is 0 Å². The van der Waals surface area contributed by atoms with Gasteiger partial charge in [-0.3, -0.25) is 0 Å². The number of alkyl halides is 2. The van der Waals surface area contributed by atoms with Crippen LogP contribution >= 0.6 is 12.4 Å². The molecule has 0 aliphatic heterocycles. The van der Waals surface area contributed by atoms with E-state index in [0.717, 1.165) is 12.1 Å². The fraction of sp³-hybridized carbons (Fsp3) is 0.143. The Kier molecular flexibility index (Phi) is 3.89. The molecule has 1 rings (SSSR count). The maximum absolute atomic E-state index is 12.5. The van der Waals surface area contributed by atoms with Crippen molar-refractivity contribution in [2.75, 3.05) is 5.73 Å². The number of nitrogen functional groups attached to an aromatic ring is 1. The summed E-state index contributed by atoms with van der Waals surface area (Å²) >= 11 is 0. The van der Waals surface area contributed by atoms with Gasteiger partial charge in [-0.25, -0.2) is 13.2 Å². The molecule has 0 spiro atoms. The van der Waals surface area contributed by atoms with Crippen LogP contribution in [-0.2, 0) is 0 Å². The fourth-order valence-corrected chi connectivity index (χ4v) is 0.729. The average Bonchev–Trinajstić information content (AvgIpc) is 1.94. The van der Waals surface area contributed by atoms with Gasteiger partial charge in [0, 0.05) is 5.69 Å². The number of rotatable bonds is 1. The molecule has 0 radical (unpaired) electrons. The van der Waals surface area contributed by atoms with Gasteiger partial charge in [0.1, 0.15) is 5.82 Å². The van der Waals surface area contributed by atoms with Gasteiger partial charge in [0.05, 0.1) is 5.56 Å². The predicted octanol–water partition coefficient (Wildman–Crippen LogP) is 2.77. The zero-order chi connectivity index (χ0) is 8.43. The van der Waals surface area contributed by atoms with Crippen molar-refractivity contribution in [3.63, 3.8) is 0 Å². The quantitative estimate of drug-likeness (QED) is 0.689. The van der Waals surface area contributed by atoms with Crippen molar-refractivity contribution in [1.29, 1.82) is 0 Å². The van der Waals surface area contributed by atoms with E-state index >= 15 is 0 Å². The third-order valence-corrected chi connectivity index (χ3v) is 1.26. The molecule has 1 aromatic rings. The van der Waals surface area contributed by atoms with E-state index in [1.807, 2.05) is 0 Å². The second-order valence-corrected chi connectivity index (χ2v) is 2.08. The van der Waals surface area contributed by atoms with Crippen molar-refractivity contribution in [1.82, 2.24) is 0 Å². The molecule has 0 aromatic heterocycles. The second kappa shape index (κ2) is 4.21. The van der Waals surface area contributed by atoms with Crippen LogP contribution in [0.1, 0.15) is 12.0 Å². The lowest BCUT2D eigenvalue weighted by atomic mass is 10.2. The summed E-state index contributed by atoms with van der Waals surface area (Å²) in [5.41, 5.74) is 4.66. The molecule has 1 aromatic carbocycles. The number of benzene rings is 1. The van der Waals surface area contributed by atoms with E-state index in [-0.39, 0.29) is 18.1 Å². The van der Waals surface area contributed by atoms with Crippen LogP contribution in [0.5, 0.6) is 0 Å². The number of nitrogens with two attached hydrogens (primary N) is 1. The van der Waals surface area contributed by atoms with Gasteiger partial charge >= 0.3 is 0 Å². The van der Waals surface area contributed by atoms with Gasteiger partial charge in [-0.2, -0.15) is 0 Å². The van der Waals surface area contributed by atoms with Crippen LogP contribution in [0.3, 0.4) is 0 Å². The first-order chi connectivity index (χ1) is 5.11. The molecular weight excluding hydrogens is 191 g/mol. The molecule has 0 fully saturated rings. The Morgan fingerprint density at radius 2 is 1.83 bits per heavy atom. The van der Waals surface area contributed by atoms with Crippen molar-refractivity contribution in [3.05, 3.63) is 29.6 Å². The van der Waals surface area contributed by atoms with Gasteiger partial charge in [0.2, 0.25) is 0 Å². The zero-order valence-electron chi connectivity index (χ0n) is 5.93. The largest absolute Gasteiger partial charge is 0.399 e. The van der Waals surface area contributed by atoms with E-state index in [1.54, 1.807) is 0 Å². The highest BCUT2D eigenvalue weighted by molar-refractivity contribution is 5.85. The summed E-state index contributed by atoms with van der Waals surface area (Å²) in [4.78, 5) is 0. The van der Waals surface area contributed by atoms with Crippen LogP contribution in [0, 0.1) is 5.82 Å². The molecule has 0 aliphatic carbocycles. The minimum atomic E-state index is -2.81. The number of anilines is 1. The highest BCUT2D eigenvalue weighted by atomic mass is 35.5. The number of hydrogen-bond donors (Lipinski definition) is 1. The molecule has 68 valence electrons. The Bertz CT molecular complexity index is 265. The minimum absolute atomic E-state index is 0. The molecule has 0 atom stereocenters. The van der Waals surface area contributed by atoms with Gasteiger partial charge < -0.3 is 5.73 Å². The highest BCUT2D eigenvalue weighted by Gasteiger charge is 2.12. The third-order valence-electron chi connectivity index (χ3n) is 1.26. The van der Waals surface area contributed by atoms with E-state index in [0.29, 0.717) is 0 Å². The lowest BCUT2D eigenvalue weighted by Crippen LogP contribution is -1.93. The first kappa shape index (κ1) is 11.1. The Morgan fingerprint density at radius 3 is 2.25 bits per heavy atom.